The van der Waals surface area contributed by atoms with Gasteiger partial charge in [-0.05, 0) is 25.7 Å². The fraction of sp³-hybridized carbons (Fsp3) is 0.923. The molecule has 4 nitrogen and oxygen atoms in total. The van der Waals surface area contributed by atoms with Crippen molar-refractivity contribution in [3.8, 4) is 0 Å². The molecule has 2 rings (SSSR count). The zero-order valence-corrected chi connectivity index (χ0v) is 10.8. The first-order valence-corrected chi connectivity index (χ1v) is 6.64. The monoisotopic (exact) mass is 241 g/mol. The Morgan fingerprint density at radius 3 is 2.82 bits per heavy atom. The summed E-state index contributed by atoms with van der Waals surface area (Å²) in [6, 6.07) is 0. The zero-order valence-electron chi connectivity index (χ0n) is 10.8. The fourth-order valence-electron chi connectivity index (χ4n) is 3.35. The Bertz CT molecular complexity index is 294. The van der Waals surface area contributed by atoms with Gasteiger partial charge in [0, 0.05) is 13.1 Å². The number of ether oxygens (including phenoxy) is 1. The van der Waals surface area contributed by atoms with E-state index in [9.17, 15) is 9.90 Å². The van der Waals surface area contributed by atoms with Gasteiger partial charge >= 0.3 is 5.97 Å². The molecule has 1 saturated carbocycles. The second kappa shape index (κ2) is 4.94. The highest BCUT2D eigenvalue weighted by atomic mass is 16.5. The molecule has 0 amide bonds. The number of hydrogen-bond donors (Lipinski definition) is 1. The van der Waals surface area contributed by atoms with Crippen LogP contribution in [0.1, 0.15) is 39.5 Å². The number of carbonyl (C=O) groups is 1. The first-order chi connectivity index (χ1) is 8.04. The van der Waals surface area contributed by atoms with Crippen molar-refractivity contribution in [3.05, 3.63) is 0 Å². The minimum Gasteiger partial charge on any atom is -0.480 e. The van der Waals surface area contributed by atoms with E-state index < -0.39 is 11.5 Å². The number of aliphatic carboxylic acids is 1. The Labute approximate surface area is 103 Å². The number of nitrogens with zero attached hydrogens (tertiary/aromatic N) is 1. The average molecular weight is 241 g/mol. The second-order valence-electron chi connectivity index (χ2n) is 5.67. The summed E-state index contributed by atoms with van der Waals surface area (Å²) in [7, 11) is 0. The predicted octanol–water partition coefficient (Wildman–Crippen LogP) is 1.74. The summed E-state index contributed by atoms with van der Waals surface area (Å²) in [4.78, 5) is 13.9. The van der Waals surface area contributed by atoms with E-state index in [1.165, 1.54) is 0 Å². The number of carboxylic acid groups (broad SMARTS) is 1. The van der Waals surface area contributed by atoms with Crippen molar-refractivity contribution in [2.24, 2.45) is 5.92 Å². The molecule has 1 N–H and O–H groups in total. The molecular weight excluding hydrogens is 218 g/mol. The molecule has 4 heteroatoms. The van der Waals surface area contributed by atoms with Gasteiger partial charge in [0.15, 0.2) is 0 Å². The highest BCUT2D eigenvalue weighted by Gasteiger charge is 2.47. The molecule has 0 aromatic heterocycles. The summed E-state index contributed by atoms with van der Waals surface area (Å²) < 4.78 is 5.52. The molecule has 3 unspecified atom stereocenters. The van der Waals surface area contributed by atoms with Gasteiger partial charge in [-0.3, -0.25) is 9.69 Å². The largest absolute Gasteiger partial charge is 0.480 e. The Morgan fingerprint density at radius 1 is 1.47 bits per heavy atom. The molecule has 98 valence electrons. The van der Waals surface area contributed by atoms with Gasteiger partial charge in [-0.1, -0.05) is 19.8 Å². The first-order valence-electron chi connectivity index (χ1n) is 6.64. The fourth-order valence-corrected chi connectivity index (χ4v) is 3.35. The molecule has 3 atom stereocenters. The molecule has 1 aliphatic carbocycles. The Morgan fingerprint density at radius 2 is 2.24 bits per heavy atom. The van der Waals surface area contributed by atoms with E-state index in [1.807, 2.05) is 6.92 Å². The van der Waals surface area contributed by atoms with Crippen LogP contribution in [0.5, 0.6) is 0 Å². The molecule has 0 radical (unpaired) electrons. The maximum atomic E-state index is 11.7. The molecule has 1 saturated heterocycles. The highest BCUT2D eigenvalue weighted by Crippen LogP contribution is 2.38. The second-order valence-corrected chi connectivity index (χ2v) is 5.67. The number of hydrogen-bond acceptors (Lipinski definition) is 3. The van der Waals surface area contributed by atoms with Gasteiger partial charge < -0.3 is 9.84 Å². The Balaban J connectivity index is 2.18. The van der Waals surface area contributed by atoms with Gasteiger partial charge in [0.2, 0.25) is 0 Å². The Kier molecular flexibility index (Phi) is 3.73. The number of morpholine rings is 1. The summed E-state index contributed by atoms with van der Waals surface area (Å²) in [5.74, 6) is -0.129. The van der Waals surface area contributed by atoms with E-state index in [-0.39, 0.29) is 6.10 Å². The van der Waals surface area contributed by atoms with Gasteiger partial charge in [0.25, 0.3) is 0 Å². The molecule has 0 spiro atoms. The van der Waals surface area contributed by atoms with Crippen molar-refractivity contribution in [3.63, 3.8) is 0 Å². The summed E-state index contributed by atoms with van der Waals surface area (Å²) in [6.45, 7) is 6.35. The molecule has 0 aromatic rings. The lowest BCUT2D eigenvalue weighted by Gasteiger charge is -2.47. The smallest absolute Gasteiger partial charge is 0.324 e. The third-order valence-corrected chi connectivity index (χ3v) is 4.22. The third kappa shape index (κ3) is 2.47. The lowest BCUT2D eigenvalue weighted by Crippen LogP contribution is -2.61. The minimum absolute atomic E-state index is 0.150. The topological polar surface area (TPSA) is 49.8 Å². The Hall–Kier alpha value is -0.610. The first kappa shape index (κ1) is 12.8. The van der Waals surface area contributed by atoms with Gasteiger partial charge in [0.05, 0.1) is 12.7 Å². The van der Waals surface area contributed by atoms with E-state index >= 15 is 0 Å². The van der Waals surface area contributed by atoms with Crippen LogP contribution < -0.4 is 0 Å². The quantitative estimate of drug-likeness (QED) is 0.800. The van der Waals surface area contributed by atoms with E-state index in [4.69, 9.17) is 4.74 Å². The van der Waals surface area contributed by atoms with E-state index in [0.29, 0.717) is 12.5 Å². The predicted molar refractivity (Wildman–Crippen MR) is 65.0 cm³/mol. The number of carboxylic acids is 1. The van der Waals surface area contributed by atoms with Crippen LogP contribution in [0.3, 0.4) is 0 Å². The molecule has 0 bridgehead atoms. The van der Waals surface area contributed by atoms with Crippen molar-refractivity contribution < 1.29 is 14.6 Å². The maximum absolute atomic E-state index is 11.7. The SMILES string of the molecule is CC1CCCC(C(=O)O)(N2CCOC(C)C2)C1. The highest BCUT2D eigenvalue weighted by molar-refractivity contribution is 5.79. The van der Waals surface area contributed by atoms with Gasteiger partial charge in [-0.25, -0.2) is 0 Å². The molecule has 1 aliphatic heterocycles. The van der Waals surface area contributed by atoms with Crippen LogP contribution in [-0.4, -0.2) is 47.3 Å². The zero-order chi connectivity index (χ0) is 12.5. The lowest BCUT2D eigenvalue weighted by molar-refractivity contribution is -0.162. The molecule has 2 fully saturated rings. The van der Waals surface area contributed by atoms with Crippen LogP contribution >= 0.6 is 0 Å². The van der Waals surface area contributed by atoms with Crippen LogP contribution in [0.15, 0.2) is 0 Å². The van der Waals surface area contributed by atoms with Crippen LogP contribution in [0.2, 0.25) is 0 Å². The molecule has 0 aromatic carbocycles. The van der Waals surface area contributed by atoms with Crippen molar-refractivity contribution in [1.29, 1.82) is 0 Å². The van der Waals surface area contributed by atoms with Crippen molar-refractivity contribution in [1.82, 2.24) is 4.90 Å². The van der Waals surface area contributed by atoms with Gasteiger partial charge in [0.1, 0.15) is 5.54 Å². The maximum Gasteiger partial charge on any atom is 0.324 e. The van der Waals surface area contributed by atoms with Gasteiger partial charge in [-0.2, -0.15) is 0 Å². The van der Waals surface area contributed by atoms with Crippen LogP contribution in [0.25, 0.3) is 0 Å². The van der Waals surface area contributed by atoms with Crippen LogP contribution in [0.4, 0.5) is 0 Å². The lowest BCUT2D eigenvalue weighted by atomic mass is 9.75. The van der Waals surface area contributed by atoms with Crippen LogP contribution in [-0.2, 0) is 9.53 Å². The van der Waals surface area contributed by atoms with E-state index in [2.05, 4.69) is 11.8 Å². The molecule has 17 heavy (non-hydrogen) atoms. The van der Waals surface area contributed by atoms with Crippen molar-refractivity contribution in [2.45, 2.75) is 51.2 Å². The molecule has 2 aliphatic rings. The van der Waals surface area contributed by atoms with Crippen molar-refractivity contribution in [2.75, 3.05) is 19.7 Å². The van der Waals surface area contributed by atoms with Crippen LogP contribution in [0, 0.1) is 5.92 Å². The van der Waals surface area contributed by atoms with Crippen molar-refractivity contribution >= 4 is 5.97 Å². The third-order valence-electron chi connectivity index (χ3n) is 4.22. The standard InChI is InChI=1S/C13H23NO3/c1-10-4-3-5-13(8-10,12(15)16)14-6-7-17-11(2)9-14/h10-11H,3-9H2,1-2H3,(H,15,16). The summed E-state index contributed by atoms with van der Waals surface area (Å²) in [5.41, 5.74) is -0.629. The van der Waals surface area contributed by atoms with E-state index in [1.54, 1.807) is 0 Å². The molecule has 1 heterocycles. The summed E-state index contributed by atoms with van der Waals surface area (Å²) >= 11 is 0. The van der Waals surface area contributed by atoms with E-state index in [0.717, 1.165) is 38.8 Å². The number of rotatable bonds is 2. The molecular formula is C13H23NO3. The minimum atomic E-state index is -0.641. The van der Waals surface area contributed by atoms with Gasteiger partial charge in [-0.15, -0.1) is 0 Å². The normalized spacial score (nSPS) is 40.1. The summed E-state index contributed by atoms with van der Waals surface area (Å²) in [6.07, 6.45) is 3.92. The average Bonchev–Trinajstić information content (AvgIpc) is 2.28. The summed E-state index contributed by atoms with van der Waals surface area (Å²) in [5, 5.41) is 9.66.